The van der Waals surface area contributed by atoms with E-state index in [1.54, 1.807) is 12.3 Å². The topological polar surface area (TPSA) is 33.2 Å². The molecule has 0 amide bonds. The van der Waals surface area contributed by atoms with Crippen LogP contribution in [0.1, 0.15) is 30.1 Å². The second-order valence-corrected chi connectivity index (χ2v) is 6.85. The standard InChI is InChI=1S/C22H26N2O/c1-4-17-15-24(5-2)13-11-18(17)14-16(3)22(25)20-10-12-23-21-9-7-6-8-19(20)21/h4,6-10,12,17-18H,1,3,5,11,13-15H2,2H3/t17-,18-/m0/s1. The van der Waals surface area contributed by atoms with Crippen LogP contribution in [-0.2, 0) is 0 Å². The van der Waals surface area contributed by atoms with E-state index in [-0.39, 0.29) is 5.78 Å². The normalized spacial score (nSPS) is 21.2. The lowest BCUT2D eigenvalue weighted by Crippen LogP contribution is -2.39. The largest absolute Gasteiger partial charge is 0.303 e. The fraction of sp³-hybridized carbons (Fsp3) is 0.364. The number of piperidine rings is 1. The Bertz CT molecular complexity index is 790. The van der Waals surface area contributed by atoms with Gasteiger partial charge in [-0.2, -0.15) is 0 Å². The zero-order valence-corrected chi connectivity index (χ0v) is 14.9. The molecule has 3 nitrogen and oxygen atoms in total. The molecule has 0 saturated carbocycles. The van der Waals surface area contributed by atoms with E-state index in [4.69, 9.17) is 0 Å². The van der Waals surface area contributed by atoms with E-state index in [9.17, 15) is 4.79 Å². The molecule has 0 radical (unpaired) electrons. The predicted octanol–water partition coefficient (Wildman–Crippen LogP) is 4.51. The highest BCUT2D eigenvalue weighted by atomic mass is 16.1. The SMILES string of the molecule is C=C[C@H]1CN(CC)CC[C@H]1CC(=C)C(=O)c1ccnc2ccccc12. The van der Waals surface area contributed by atoms with Gasteiger partial charge in [0.15, 0.2) is 5.78 Å². The Morgan fingerprint density at radius 2 is 2.16 bits per heavy atom. The number of hydrogen-bond acceptors (Lipinski definition) is 3. The van der Waals surface area contributed by atoms with E-state index in [0.29, 0.717) is 23.0 Å². The summed E-state index contributed by atoms with van der Waals surface area (Å²) in [5.74, 6) is 0.914. The molecule has 2 atom stereocenters. The molecule has 3 rings (SSSR count). The van der Waals surface area contributed by atoms with Crippen molar-refractivity contribution in [2.24, 2.45) is 11.8 Å². The number of allylic oxidation sites excluding steroid dienone is 1. The van der Waals surface area contributed by atoms with Crippen molar-refractivity contribution in [2.45, 2.75) is 19.8 Å². The van der Waals surface area contributed by atoms with Crippen molar-refractivity contribution in [3.63, 3.8) is 0 Å². The van der Waals surface area contributed by atoms with Gasteiger partial charge in [-0.3, -0.25) is 9.78 Å². The summed E-state index contributed by atoms with van der Waals surface area (Å²) in [7, 11) is 0. The van der Waals surface area contributed by atoms with Crippen LogP contribution in [0.5, 0.6) is 0 Å². The number of nitrogens with zero attached hydrogens (tertiary/aromatic N) is 2. The first-order chi connectivity index (χ1) is 12.1. The number of para-hydroxylation sites is 1. The molecule has 0 unspecified atom stereocenters. The monoisotopic (exact) mass is 334 g/mol. The van der Waals surface area contributed by atoms with Crippen LogP contribution < -0.4 is 0 Å². The molecular weight excluding hydrogens is 308 g/mol. The Hall–Kier alpha value is -2.26. The molecule has 0 aliphatic carbocycles. The van der Waals surface area contributed by atoms with Crippen molar-refractivity contribution in [1.29, 1.82) is 0 Å². The highest BCUT2D eigenvalue weighted by Crippen LogP contribution is 2.31. The van der Waals surface area contributed by atoms with Crippen molar-refractivity contribution >= 4 is 16.7 Å². The van der Waals surface area contributed by atoms with Gasteiger partial charge in [-0.1, -0.05) is 37.8 Å². The summed E-state index contributed by atoms with van der Waals surface area (Å²) in [5, 5.41) is 0.900. The Balaban J connectivity index is 1.76. The molecule has 25 heavy (non-hydrogen) atoms. The number of rotatable bonds is 6. The second kappa shape index (κ2) is 7.75. The fourth-order valence-electron chi connectivity index (χ4n) is 3.80. The number of benzene rings is 1. The maximum Gasteiger partial charge on any atom is 0.189 e. The van der Waals surface area contributed by atoms with Gasteiger partial charge in [0.05, 0.1) is 5.52 Å². The first-order valence-electron chi connectivity index (χ1n) is 9.05. The molecule has 1 aromatic carbocycles. The zero-order chi connectivity index (χ0) is 17.8. The first kappa shape index (κ1) is 17.6. The minimum atomic E-state index is 0.0410. The van der Waals surface area contributed by atoms with Gasteiger partial charge in [-0.05, 0) is 55.5 Å². The number of pyridine rings is 1. The van der Waals surface area contributed by atoms with Gasteiger partial charge in [-0.25, -0.2) is 0 Å². The maximum absolute atomic E-state index is 13.0. The van der Waals surface area contributed by atoms with Crippen molar-refractivity contribution in [1.82, 2.24) is 9.88 Å². The fourth-order valence-corrected chi connectivity index (χ4v) is 3.80. The quantitative estimate of drug-likeness (QED) is 0.443. The molecule has 1 saturated heterocycles. The van der Waals surface area contributed by atoms with E-state index in [1.807, 2.05) is 30.3 Å². The molecule has 2 aromatic rings. The molecule has 1 aliphatic heterocycles. The van der Waals surface area contributed by atoms with Gasteiger partial charge >= 0.3 is 0 Å². The summed E-state index contributed by atoms with van der Waals surface area (Å²) in [5.41, 5.74) is 2.25. The van der Waals surface area contributed by atoms with Gasteiger partial charge in [0, 0.05) is 23.7 Å². The van der Waals surface area contributed by atoms with Crippen LogP contribution >= 0.6 is 0 Å². The number of carbonyl (C=O) groups is 1. The molecular formula is C22H26N2O. The van der Waals surface area contributed by atoms with Crippen LogP contribution in [0.2, 0.25) is 0 Å². The highest BCUT2D eigenvalue weighted by molar-refractivity contribution is 6.15. The lowest BCUT2D eigenvalue weighted by Gasteiger charge is -2.37. The van der Waals surface area contributed by atoms with Crippen LogP contribution in [0.25, 0.3) is 10.9 Å². The average Bonchev–Trinajstić information content (AvgIpc) is 2.67. The van der Waals surface area contributed by atoms with Gasteiger partial charge in [0.2, 0.25) is 0 Å². The van der Waals surface area contributed by atoms with E-state index in [0.717, 1.165) is 43.4 Å². The smallest absolute Gasteiger partial charge is 0.189 e. The second-order valence-electron chi connectivity index (χ2n) is 6.85. The molecule has 2 heterocycles. The third kappa shape index (κ3) is 3.72. The Kier molecular flexibility index (Phi) is 5.44. The lowest BCUT2D eigenvalue weighted by molar-refractivity contribution is 0.101. The lowest BCUT2D eigenvalue weighted by atomic mass is 9.80. The van der Waals surface area contributed by atoms with Gasteiger partial charge in [0.25, 0.3) is 0 Å². The number of ketones is 1. The molecule has 0 bridgehead atoms. The van der Waals surface area contributed by atoms with E-state index in [1.165, 1.54) is 0 Å². The molecule has 1 aromatic heterocycles. The van der Waals surface area contributed by atoms with Crippen LogP contribution in [0, 0.1) is 11.8 Å². The molecule has 0 N–H and O–H groups in total. The molecule has 1 aliphatic rings. The number of aromatic nitrogens is 1. The van der Waals surface area contributed by atoms with Crippen molar-refractivity contribution < 1.29 is 4.79 Å². The number of carbonyl (C=O) groups excluding carboxylic acids is 1. The Labute approximate surface area is 150 Å². The van der Waals surface area contributed by atoms with E-state index in [2.05, 4.69) is 30.0 Å². The average molecular weight is 334 g/mol. The number of fused-ring (bicyclic) bond motifs is 1. The van der Waals surface area contributed by atoms with Crippen LogP contribution in [0.4, 0.5) is 0 Å². The third-order valence-electron chi connectivity index (χ3n) is 5.36. The Morgan fingerprint density at radius 3 is 2.92 bits per heavy atom. The van der Waals surface area contributed by atoms with Crippen molar-refractivity contribution in [2.75, 3.05) is 19.6 Å². The summed E-state index contributed by atoms with van der Waals surface area (Å²) < 4.78 is 0. The summed E-state index contributed by atoms with van der Waals surface area (Å²) in [6, 6.07) is 9.57. The first-order valence-corrected chi connectivity index (χ1v) is 9.05. The van der Waals surface area contributed by atoms with E-state index < -0.39 is 0 Å². The highest BCUT2D eigenvalue weighted by Gasteiger charge is 2.28. The van der Waals surface area contributed by atoms with Gasteiger partial charge in [-0.15, -0.1) is 6.58 Å². The van der Waals surface area contributed by atoms with Crippen molar-refractivity contribution in [3.8, 4) is 0 Å². The van der Waals surface area contributed by atoms with Crippen molar-refractivity contribution in [3.05, 3.63) is 66.9 Å². The molecule has 3 heteroatoms. The number of Topliss-reactive ketones (excluding diaryl/α,β-unsaturated/α-hetero) is 1. The maximum atomic E-state index is 13.0. The predicted molar refractivity (Wildman–Crippen MR) is 104 cm³/mol. The summed E-state index contributed by atoms with van der Waals surface area (Å²) in [6.45, 7) is 13.5. The third-order valence-corrected chi connectivity index (χ3v) is 5.36. The van der Waals surface area contributed by atoms with Gasteiger partial charge in [0.1, 0.15) is 0 Å². The van der Waals surface area contributed by atoms with Crippen LogP contribution in [0.15, 0.2) is 61.3 Å². The Morgan fingerprint density at radius 1 is 1.36 bits per heavy atom. The molecule has 130 valence electrons. The molecule has 0 spiro atoms. The van der Waals surface area contributed by atoms with Crippen LogP contribution in [0.3, 0.4) is 0 Å². The zero-order valence-electron chi connectivity index (χ0n) is 14.9. The number of likely N-dealkylation sites (tertiary alicyclic amines) is 1. The summed E-state index contributed by atoms with van der Waals surface area (Å²) in [4.78, 5) is 19.8. The van der Waals surface area contributed by atoms with Gasteiger partial charge < -0.3 is 4.90 Å². The summed E-state index contributed by atoms with van der Waals surface area (Å²) >= 11 is 0. The molecule has 1 fully saturated rings. The number of hydrogen-bond donors (Lipinski definition) is 0. The van der Waals surface area contributed by atoms with Crippen LogP contribution in [-0.4, -0.2) is 35.3 Å². The minimum absolute atomic E-state index is 0.0410. The van der Waals surface area contributed by atoms with E-state index >= 15 is 0 Å². The summed E-state index contributed by atoms with van der Waals surface area (Å²) in [6.07, 6.45) is 5.58. The minimum Gasteiger partial charge on any atom is -0.303 e.